The maximum absolute atomic E-state index is 2.50. The molecule has 0 aliphatic heterocycles. The second-order valence-electron chi connectivity index (χ2n) is 14.6. The lowest BCUT2D eigenvalue weighted by Gasteiger charge is -2.29. The first-order chi connectivity index (χ1) is 22.7. The van der Waals surface area contributed by atoms with Crippen LogP contribution in [-0.4, -0.2) is 11.5 Å². The molecule has 0 spiro atoms. The minimum atomic E-state index is 0.201. The molecular weight excluding hydrogens is 593 g/mol. The Labute approximate surface area is 300 Å². The Morgan fingerprint density at radius 3 is 0.848 bits per heavy atom. The highest BCUT2D eigenvalue weighted by molar-refractivity contribution is 8.17. The van der Waals surface area contributed by atoms with E-state index in [4.69, 9.17) is 0 Å². The summed E-state index contributed by atoms with van der Waals surface area (Å²) in [5, 5.41) is 0. The van der Waals surface area contributed by atoms with E-state index in [0.717, 1.165) is 0 Å². The topological polar surface area (TPSA) is 0 Å². The quantitative estimate of drug-likeness (QED) is 0.0509. The molecule has 270 valence electrons. The fourth-order valence-corrected chi connectivity index (χ4v) is 9.70. The van der Waals surface area contributed by atoms with Crippen LogP contribution in [0.25, 0.3) is 0 Å². The van der Waals surface area contributed by atoms with Crippen molar-refractivity contribution >= 4 is 23.5 Å². The number of rotatable bonds is 37. The molecule has 0 heterocycles. The van der Waals surface area contributed by atoms with Gasteiger partial charge in [0, 0.05) is 0 Å². The molecule has 0 saturated carbocycles. The lowest BCUT2D eigenvalue weighted by atomic mass is 10.0. The predicted molar refractivity (Wildman–Crippen MR) is 218 cm³/mol. The number of hydrogen-bond donors (Lipinski definition) is 0. The van der Waals surface area contributed by atoms with E-state index in [1.165, 1.54) is 223 Å². The van der Waals surface area contributed by atoms with Gasteiger partial charge in [-0.25, -0.2) is 0 Å². The molecule has 0 amide bonds. The molecule has 0 saturated heterocycles. The van der Waals surface area contributed by atoms with Gasteiger partial charge >= 0.3 is 0 Å². The molecule has 0 fully saturated rings. The minimum Gasteiger partial charge on any atom is -0.140 e. The first kappa shape index (κ1) is 43.9. The van der Waals surface area contributed by atoms with Crippen LogP contribution in [0.5, 0.6) is 0 Å². The van der Waals surface area contributed by atoms with Gasteiger partial charge in [0.2, 0.25) is 0 Å². The molecule has 1 rings (SSSR count). The average molecular weight is 675 g/mol. The van der Waals surface area contributed by atoms with E-state index in [0.29, 0.717) is 0 Å². The molecule has 0 atom stereocenters. The van der Waals surface area contributed by atoms with Crippen LogP contribution in [0.15, 0.2) is 30.3 Å². The van der Waals surface area contributed by atoms with Gasteiger partial charge < -0.3 is 0 Å². The Morgan fingerprint density at radius 1 is 0.348 bits per heavy atom. The number of unbranched alkanes of at least 4 members (excludes halogenated alkanes) is 30. The van der Waals surface area contributed by atoms with Crippen molar-refractivity contribution in [1.82, 2.24) is 0 Å². The summed E-state index contributed by atoms with van der Waals surface area (Å²) in [7, 11) is 0. The largest absolute Gasteiger partial charge is 0.140 e. The molecular formula is C44H82S2. The lowest BCUT2D eigenvalue weighted by Crippen LogP contribution is -2.14. The van der Waals surface area contributed by atoms with Crippen LogP contribution in [-0.2, 0) is 4.08 Å². The molecule has 1 aromatic rings. The summed E-state index contributed by atoms with van der Waals surface area (Å²) in [6.07, 6.45) is 46.4. The minimum absolute atomic E-state index is 0.201. The second kappa shape index (κ2) is 34.8. The van der Waals surface area contributed by atoms with Crippen molar-refractivity contribution < 1.29 is 0 Å². The van der Waals surface area contributed by atoms with Crippen LogP contribution in [0.2, 0.25) is 0 Å². The van der Waals surface area contributed by atoms with Crippen LogP contribution in [0.1, 0.15) is 232 Å². The third-order valence-corrected chi connectivity index (χ3v) is 13.3. The maximum Gasteiger partial charge on any atom is 0.0832 e. The third-order valence-electron chi connectivity index (χ3n) is 10.0. The molecule has 0 aliphatic carbocycles. The highest BCUT2D eigenvalue weighted by Crippen LogP contribution is 2.47. The summed E-state index contributed by atoms with van der Waals surface area (Å²) in [4.78, 5) is 0. The zero-order chi connectivity index (χ0) is 33.1. The zero-order valence-electron chi connectivity index (χ0n) is 31.7. The Balaban J connectivity index is 2.01. The lowest BCUT2D eigenvalue weighted by molar-refractivity contribution is 0.531. The SMILES string of the molecule is CCCCCCCCCCCCCCCCCCSC(C)(SCCCCCCCCCCCCCCCCCC)c1ccccc1. The van der Waals surface area contributed by atoms with E-state index >= 15 is 0 Å². The molecule has 0 bridgehead atoms. The smallest absolute Gasteiger partial charge is 0.0832 e. The van der Waals surface area contributed by atoms with Gasteiger partial charge in [0.05, 0.1) is 4.08 Å². The average Bonchev–Trinajstić information content (AvgIpc) is 3.08. The normalized spacial score (nSPS) is 11.9. The van der Waals surface area contributed by atoms with E-state index in [9.17, 15) is 0 Å². The first-order valence-electron chi connectivity index (χ1n) is 21.1. The van der Waals surface area contributed by atoms with Crippen molar-refractivity contribution in [3.8, 4) is 0 Å². The molecule has 0 N–H and O–H groups in total. The fraction of sp³-hybridized carbons (Fsp3) is 0.864. The van der Waals surface area contributed by atoms with Crippen molar-refractivity contribution in [1.29, 1.82) is 0 Å². The molecule has 0 radical (unpaired) electrons. The maximum atomic E-state index is 2.50. The Hall–Kier alpha value is -0.0800. The Kier molecular flexibility index (Phi) is 33.2. The molecule has 46 heavy (non-hydrogen) atoms. The van der Waals surface area contributed by atoms with Crippen molar-refractivity contribution in [2.45, 2.75) is 230 Å². The van der Waals surface area contributed by atoms with E-state index < -0.39 is 0 Å². The summed E-state index contributed by atoms with van der Waals surface area (Å²) < 4.78 is 0.201. The highest BCUT2D eigenvalue weighted by atomic mass is 32.2. The van der Waals surface area contributed by atoms with Crippen molar-refractivity contribution in [3.63, 3.8) is 0 Å². The number of thioether (sulfide) groups is 2. The standard InChI is InChI=1S/C44H82S2/c1-4-6-8-10-12-14-16-18-20-22-24-26-28-30-32-37-41-45-44(3,43-39-35-34-36-40-43)46-42-38-33-31-29-27-25-23-21-19-17-15-13-11-9-7-5-2/h34-36,39-40H,4-33,37-38,41-42H2,1-3H3. The first-order valence-corrected chi connectivity index (χ1v) is 23.0. The van der Waals surface area contributed by atoms with E-state index in [-0.39, 0.29) is 4.08 Å². The second-order valence-corrected chi connectivity index (χ2v) is 17.9. The van der Waals surface area contributed by atoms with Crippen LogP contribution >= 0.6 is 23.5 Å². The van der Waals surface area contributed by atoms with Gasteiger partial charge in [-0.05, 0) is 36.8 Å². The van der Waals surface area contributed by atoms with Crippen LogP contribution in [0.4, 0.5) is 0 Å². The monoisotopic (exact) mass is 675 g/mol. The van der Waals surface area contributed by atoms with E-state index in [1.807, 2.05) is 0 Å². The van der Waals surface area contributed by atoms with Gasteiger partial charge in [0.25, 0.3) is 0 Å². The highest BCUT2D eigenvalue weighted by Gasteiger charge is 2.27. The van der Waals surface area contributed by atoms with Crippen molar-refractivity contribution in [2.24, 2.45) is 0 Å². The summed E-state index contributed by atoms with van der Waals surface area (Å²) in [6, 6.07) is 11.4. The third kappa shape index (κ3) is 27.8. The van der Waals surface area contributed by atoms with E-state index in [1.54, 1.807) is 0 Å². The molecule has 2 heteroatoms. The van der Waals surface area contributed by atoms with Crippen molar-refractivity contribution in [2.75, 3.05) is 11.5 Å². The van der Waals surface area contributed by atoms with Gasteiger partial charge in [0.1, 0.15) is 0 Å². The fourth-order valence-electron chi connectivity index (χ4n) is 6.78. The van der Waals surface area contributed by atoms with Gasteiger partial charge in [0.15, 0.2) is 0 Å². The van der Waals surface area contributed by atoms with Gasteiger partial charge in [-0.1, -0.05) is 237 Å². The Bertz CT molecular complexity index is 663. The zero-order valence-corrected chi connectivity index (χ0v) is 33.4. The summed E-state index contributed by atoms with van der Waals surface area (Å²) >= 11 is 4.43. The summed E-state index contributed by atoms with van der Waals surface area (Å²) in [6.45, 7) is 7.11. The number of hydrogen-bond acceptors (Lipinski definition) is 2. The summed E-state index contributed by atoms with van der Waals surface area (Å²) in [5.74, 6) is 2.60. The van der Waals surface area contributed by atoms with Gasteiger partial charge in [-0.3, -0.25) is 0 Å². The van der Waals surface area contributed by atoms with Gasteiger partial charge in [-0.15, -0.1) is 23.5 Å². The van der Waals surface area contributed by atoms with E-state index in [2.05, 4.69) is 74.6 Å². The molecule has 0 unspecified atom stereocenters. The van der Waals surface area contributed by atoms with Crippen LogP contribution in [0, 0.1) is 0 Å². The Morgan fingerprint density at radius 2 is 0.587 bits per heavy atom. The van der Waals surface area contributed by atoms with Crippen molar-refractivity contribution in [3.05, 3.63) is 35.9 Å². The molecule has 0 aliphatic rings. The molecule has 0 aromatic heterocycles. The number of benzene rings is 1. The van der Waals surface area contributed by atoms with Crippen LogP contribution < -0.4 is 0 Å². The van der Waals surface area contributed by atoms with Crippen LogP contribution in [0.3, 0.4) is 0 Å². The molecule has 1 aromatic carbocycles. The predicted octanol–water partition coefficient (Wildman–Crippen LogP) is 16.8. The molecule has 0 nitrogen and oxygen atoms in total. The van der Waals surface area contributed by atoms with Gasteiger partial charge in [-0.2, -0.15) is 0 Å². The summed E-state index contributed by atoms with van der Waals surface area (Å²) in [5.41, 5.74) is 1.51.